The van der Waals surface area contributed by atoms with Crippen molar-refractivity contribution in [1.82, 2.24) is 0 Å². The zero-order valence-corrected chi connectivity index (χ0v) is 20.8. The molecule has 1 saturated carbocycles. The highest BCUT2D eigenvalue weighted by atomic mass is 16.6. The zero-order chi connectivity index (χ0) is 21.8. The van der Waals surface area contributed by atoms with Crippen molar-refractivity contribution in [2.24, 2.45) is 28.1 Å². The highest BCUT2D eigenvalue weighted by Gasteiger charge is 2.45. The highest BCUT2D eigenvalue weighted by molar-refractivity contribution is 5.66. The van der Waals surface area contributed by atoms with E-state index in [9.17, 15) is 4.79 Å². The molecule has 0 radical (unpaired) electrons. The van der Waals surface area contributed by atoms with Gasteiger partial charge in [-0.1, -0.05) is 75.2 Å². The number of ether oxygens (including phenoxy) is 1. The predicted octanol–water partition coefficient (Wildman–Crippen LogP) is 8.18. The summed E-state index contributed by atoms with van der Waals surface area (Å²) in [5.74, 6) is 1.34. The van der Waals surface area contributed by atoms with Crippen molar-refractivity contribution in [3.63, 3.8) is 0 Å². The van der Waals surface area contributed by atoms with Gasteiger partial charge in [-0.05, 0) is 67.6 Å². The Hall–Kier alpha value is -0.530. The summed E-state index contributed by atoms with van der Waals surface area (Å²) in [6.45, 7) is 22.8. The van der Waals surface area contributed by atoms with Crippen LogP contribution in [-0.4, -0.2) is 11.6 Å². The van der Waals surface area contributed by atoms with Crippen LogP contribution in [-0.2, 0) is 9.53 Å². The summed E-state index contributed by atoms with van der Waals surface area (Å²) >= 11 is 0. The van der Waals surface area contributed by atoms with Gasteiger partial charge in [0.2, 0.25) is 0 Å². The number of hydrogen-bond acceptors (Lipinski definition) is 2. The minimum atomic E-state index is -0.342. The van der Waals surface area contributed by atoms with E-state index in [-0.39, 0.29) is 22.4 Å². The molecule has 28 heavy (non-hydrogen) atoms. The van der Waals surface area contributed by atoms with E-state index < -0.39 is 0 Å². The quantitative estimate of drug-likeness (QED) is 0.419. The summed E-state index contributed by atoms with van der Waals surface area (Å²) < 4.78 is 6.14. The van der Waals surface area contributed by atoms with Crippen molar-refractivity contribution in [3.8, 4) is 0 Å². The van der Waals surface area contributed by atoms with Gasteiger partial charge in [-0.15, -0.1) is 0 Å². The van der Waals surface area contributed by atoms with Gasteiger partial charge in [0.05, 0.1) is 0 Å². The summed E-state index contributed by atoms with van der Waals surface area (Å²) in [7, 11) is 0. The first-order valence-corrected chi connectivity index (χ1v) is 11.8. The number of esters is 1. The molecule has 0 N–H and O–H groups in total. The maximum Gasteiger partial charge on any atom is 0.303 e. The van der Waals surface area contributed by atoms with Gasteiger partial charge in [0, 0.05) is 12.3 Å². The smallest absolute Gasteiger partial charge is 0.303 e. The first kappa shape index (κ1) is 25.5. The molecule has 0 aliphatic heterocycles. The third-order valence-electron chi connectivity index (χ3n) is 7.55. The van der Waals surface area contributed by atoms with E-state index in [1.807, 2.05) is 0 Å². The Morgan fingerprint density at radius 3 is 1.64 bits per heavy atom. The maximum absolute atomic E-state index is 12.0. The van der Waals surface area contributed by atoms with Crippen LogP contribution in [0.25, 0.3) is 0 Å². The normalized spacial score (nSPS) is 29.5. The summed E-state index contributed by atoms with van der Waals surface area (Å²) in [6, 6.07) is 0. The molecule has 2 nitrogen and oxygen atoms in total. The topological polar surface area (TPSA) is 26.3 Å². The van der Waals surface area contributed by atoms with Gasteiger partial charge in [0.25, 0.3) is 0 Å². The summed E-state index contributed by atoms with van der Waals surface area (Å²) in [4.78, 5) is 12.0. The third kappa shape index (κ3) is 7.38. The van der Waals surface area contributed by atoms with Crippen LogP contribution in [0.3, 0.4) is 0 Å². The Kier molecular flexibility index (Phi) is 8.67. The van der Waals surface area contributed by atoms with Crippen LogP contribution in [0, 0.1) is 28.1 Å². The Bertz CT molecular complexity index is 486. The lowest BCUT2D eigenvalue weighted by molar-refractivity contribution is -0.175. The van der Waals surface area contributed by atoms with E-state index >= 15 is 0 Å². The second kappa shape index (κ2) is 9.52. The molecule has 1 aliphatic rings. The Labute approximate surface area is 176 Å². The molecule has 2 heteroatoms. The van der Waals surface area contributed by atoms with Crippen LogP contribution >= 0.6 is 0 Å². The Balaban J connectivity index is 3.16. The van der Waals surface area contributed by atoms with Gasteiger partial charge < -0.3 is 4.74 Å². The van der Waals surface area contributed by atoms with Crippen molar-refractivity contribution in [2.45, 2.75) is 133 Å². The van der Waals surface area contributed by atoms with E-state index in [0.717, 1.165) is 31.6 Å². The first-order chi connectivity index (χ1) is 12.6. The van der Waals surface area contributed by atoms with Crippen LogP contribution in [0.5, 0.6) is 0 Å². The molecule has 0 saturated heterocycles. The first-order valence-electron chi connectivity index (χ1n) is 11.8. The van der Waals surface area contributed by atoms with Crippen LogP contribution in [0.4, 0.5) is 0 Å². The van der Waals surface area contributed by atoms with E-state index in [0.29, 0.717) is 11.3 Å². The second-order valence-electron chi connectivity index (χ2n) is 12.7. The molecule has 1 rings (SSSR count). The zero-order valence-electron chi connectivity index (χ0n) is 20.8. The standard InChI is InChI=1S/C26H50O2/c1-20(27)28-26(25(8,9)10)18-13-11-12-14-21(23(2,3)4)15-16-22(17-19-26)24(5,6)7/h21-22H,11-19H2,1-10H3. The average molecular weight is 395 g/mol. The monoisotopic (exact) mass is 394 g/mol. The van der Waals surface area contributed by atoms with Gasteiger partial charge in [-0.25, -0.2) is 0 Å². The Morgan fingerprint density at radius 2 is 1.21 bits per heavy atom. The fourth-order valence-electron chi connectivity index (χ4n) is 5.21. The van der Waals surface area contributed by atoms with Crippen LogP contribution < -0.4 is 0 Å². The van der Waals surface area contributed by atoms with Crippen LogP contribution in [0.2, 0.25) is 0 Å². The molecular weight excluding hydrogens is 344 g/mol. The minimum Gasteiger partial charge on any atom is -0.459 e. The molecule has 0 heterocycles. The van der Waals surface area contributed by atoms with Gasteiger partial charge in [0.1, 0.15) is 5.60 Å². The van der Waals surface area contributed by atoms with Crippen molar-refractivity contribution in [3.05, 3.63) is 0 Å². The number of rotatable bonds is 1. The van der Waals surface area contributed by atoms with Gasteiger partial charge in [-0.2, -0.15) is 0 Å². The average Bonchev–Trinajstić information content (AvgIpc) is 2.45. The lowest BCUT2D eigenvalue weighted by atomic mass is 9.65. The van der Waals surface area contributed by atoms with Crippen molar-refractivity contribution in [2.75, 3.05) is 0 Å². The number of hydrogen-bond donors (Lipinski definition) is 0. The summed E-state index contributed by atoms with van der Waals surface area (Å²) in [6.07, 6.45) is 10.7. The largest absolute Gasteiger partial charge is 0.459 e. The molecule has 3 unspecified atom stereocenters. The molecule has 0 bridgehead atoms. The molecule has 3 atom stereocenters. The van der Waals surface area contributed by atoms with Gasteiger partial charge in [0.15, 0.2) is 0 Å². The van der Waals surface area contributed by atoms with Crippen molar-refractivity contribution < 1.29 is 9.53 Å². The van der Waals surface area contributed by atoms with E-state index in [1.54, 1.807) is 6.92 Å². The lowest BCUT2D eigenvalue weighted by Gasteiger charge is -2.46. The maximum atomic E-state index is 12.0. The van der Waals surface area contributed by atoms with Crippen LogP contribution in [0.1, 0.15) is 127 Å². The predicted molar refractivity (Wildman–Crippen MR) is 121 cm³/mol. The minimum absolute atomic E-state index is 0.0425. The molecule has 0 aromatic carbocycles. The van der Waals surface area contributed by atoms with E-state index in [4.69, 9.17) is 4.74 Å². The summed E-state index contributed by atoms with van der Waals surface area (Å²) in [5, 5.41) is 0. The van der Waals surface area contributed by atoms with Crippen LogP contribution in [0.15, 0.2) is 0 Å². The third-order valence-corrected chi connectivity index (χ3v) is 7.55. The van der Waals surface area contributed by atoms with Gasteiger partial charge in [-0.3, -0.25) is 4.79 Å². The molecular formula is C26H50O2. The molecule has 0 spiro atoms. The Morgan fingerprint density at radius 1 is 0.714 bits per heavy atom. The number of carbonyl (C=O) groups is 1. The number of carbonyl (C=O) groups excluding carboxylic acids is 1. The van der Waals surface area contributed by atoms with Crippen molar-refractivity contribution >= 4 is 5.97 Å². The fraction of sp³-hybridized carbons (Fsp3) is 0.962. The fourth-order valence-corrected chi connectivity index (χ4v) is 5.21. The van der Waals surface area contributed by atoms with Crippen molar-refractivity contribution in [1.29, 1.82) is 0 Å². The molecule has 1 fully saturated rings. The summed E-state index contributed by atoms with van der Waals surface area (Å²) in [5.41, 5.74) is 0.288. The molecule has 1 aliphatic carbocycles. The molecule has 166 valence electrons. The van der Waals surface area contributed by atoms with Gasteiger partial charge >= 0.3 is 5.97 Å². The lowest BCUT2D eigenvalue weighted by Crippen LogP contribution is -2.47. The SMILES string of the molecule is CC(=O)OC1(C(C)(C)C)CCCCCC(C(C)(C)C)CCC(C(C)(C)C)CC1. The van der Waals surface area contributed by atoms with E-state index in [2.05, 4.69) is 62.3 Å². The molecule has 0 aromatic rings. The molecule has 0 amide bonds. The van der Waals surface area contributed by atoms with E-state index in [1.165, 1.54) is 32.1 Å². The second-order valence-corrected chi connectivity index (χ2v) is 12.7. The molecule has 0 aromatic heterocycles. The highest BCUT2D eigenvalue weighted by Crippen LogP contribution is 2.47.